The lowest BCUT2D eigenvalue weighted by molar-refractivity contribution is 0.176. The van der Waals surface area contributed by atoms with Gasteiger partial charge in [0.05, 0.1) is 13.1 Å². The Morgan fingerprint density at radius 1 is 1.12 bits per heavy atom. The predicted molar refractivity (Wildman–Crippen MR) is 82.5 cm³/mol. The number of benzene rings is 1. The third kappa shape index (κ3) is 3.58. The average molecular weight is 391 g/mol. The minimum absolute atomic E-state index is 0.0579. The summed E-state index contributed by atoms with van der Waals surface area (Å²) in [5.74, 6) is -4.24. The SMILES string of the molecule is NCc1nc(CN2CCN(S(=O)(=O)c3ccc(F)c(F)c3F)CC2)no1. The Morgan fingerprint density at radius 2 is 1.81 bits per heavy atom. The van der Waals surface area contributed by atoms with Crippen LogP contribution in [0.5, 0.6) is 0 Å². The first-order valence-corrected chi connectivity index (χ1v) is 9.14. The summed E-state index contributed by atoms with van der Waals surface area (Å²) in [6.45, 7) is 1.24. The van der Waals surface area contributed by atoms with Gasteiger partial charge in [-0.25, -0.2) is 21.6 Å². The topological polar surface area (TPSA) is 106 Å². The molecule has 1 aromatic heterocycles. The lowest BCUT2D eigenvalue weighted by Crippen LogP contribution is -2.48. The number of rotatable bonds is 5. The fourth-order valence-corrected chi connectivity index (χ4v) is 4.09. The number of halogens is 3. The molecule has 1 fully saturated rings. The zero-order chi connectivity index (χ0) is 18.9. The Hall–Kier alpha value is -2.02. The zero-order valence-electron chi connectivity index (χ0n) is 13.5. The van der Waals surface area contributed by atoms with Crippen molar-refractivity contribution in [1.82, 2.24) is 19.3 Å². The predicted octanol–water partition coefficient (Wildman–Crippen LogP) is 0.452. The van der Waals surface area contributed by atoms with Crippen LogP contribution in [0.3, 0.4) is 0 Å². The first kappa shape index (κ1) is 18.8. The molecule has 0 bridgehead atoms. The molecule has 1 aromatic carbocycles. The third-order valence-electron chi connectivity index (χ3n) is 4.00. The van der Waals surface area contributed by atoms with Gasteiger partial charge in [0.25, 0.3) is 0 Å². The molecule has 1 aliphatic heterocycles. The normalized spacial score (nSPS) is 16.9. The fourth-order valence-electron chi connectivity index (χ4n) is 2.61. The van der Waals surface area contributed by atoms with E-state index in [0.717, 1.165) is 10.4 Å². The van der Waals surface area contributed by atoms with E-state index in [1.54, 1.807) is 0 Å². The van der Waals surface area contributed by atoms with Gasteiger partial charge in [-0.05, 0) is 12.1 Å². The second-order valence-corrected chi connectivity index (χ2v) is 7.57. The highest BCUT2D eigenvalue weighted by Crippen LogP contribution is 2.24. The number of aromatic nitrogens is 2. The molecule has 8 nitrogen and oxygen atoms in total. The summed E-state index contributed by atoms with van der Waals surface area (Å²) >= 11 is 0. The minimum Gasteiger partial charge on any atom is -0.338 e. The fraction of sp³-hybridized carbons (Fsp3) is 0.429. The molecule has 3 rings (SSSR count). The molecule has 0 atom stereocenters. The minimum atomic E-state index is -4.27. The van der Waals surface area contributed by atoms with Crippen molar-refractivity contribution < 1.29 is 26.1 Å². The number of sulfonamides is 1. The molecular weight excluding hydrogens is 375 g/mol. The van der Waals surface area contributed by atoms with E-state index in [4.69, 9.17) is 10.3 Å². The van der Waals surface area contributed by atoms with Crippen LogP contribution in [0, 0.1) is 17.5 Å². The van der Waals surface area contributed by atoms with Crippen LogP contribution in [0.25, 0.3) is 0 Å². The van der Waals surface area contributed by atoms with Crippen LogP contribution in [-0.4, -0.2) is 53.9 Å². The maximum absolute atomic E-state index is 13.8. The van der Waals surface area contributed by atoms with Gasteiger partial charge in [-0.15, -0.1) is 0 Å². The van der Waals surface area contributed by atoms with Crippen LogP contribution < -0.4 is 5.73 Å². The summed E-state index contributed by atoms with van der Waals surface area (Å²) < 4.78 is 71.1. The summed E-state index contributed by atoms with van der Waals surface area (Å²) in [4.78, 5) is 5.07. The Balaban J connectivity index is 1.68. The standard InChI is InChI=1S/C14H16F3N5O3S/c15-9-1-2-10(14(17)13(9)16)26(23,24)22-5-3-21(4-6-22)8-11-19-12(7-18)25-20-11/h1-2H,3-8,18H2. The Kier molecular flexibility index (Phi) is 5.27. The average Bonchev–Trinajstić information content (AvgIpc) is 3.07. The van der Waals surface area contributed by atoms with Crippen molar-refractivity contribution in [3.05, 3.63) is 41.3 Å². The van der Waals surface area contributed by atoms with Crippen LogP contribution >= 0.6 is 0 Å². The third-order valence-corrected chi connectivity index (χ3v) is 5.91. The number of hydrogen-bond acceptors (Lipinski definition) is 7. The van der Waals surface area contributed by atoms with Gasteiger partial charge in [0, 0.05) is 26.2 Å². The molecular formula is C14H16F3N5O3S. The number of piperazine rings is 1. The van der Waals surface area contributed by atoms with E-state index in [1.165, 1.54) is 0 Å². The number of hydrogen-bond donors (Lipinski definition) is 1. The molecule has 26 heavy (non-hydrogen) atoms. The maximum Gasteiger partial charge on any atom is 0.246 e. The summed E-state index contributed by atoms with van der Waals surface area (Å²) in [6.07, 6.45) is 0. The van der Waals surface area contributed by atoms with Crippen LogP contribution in [0.4, 0.5) is 13.2 Å². The first-order chi connectivity index (χ1) is 12.3. The van der Waals surface area contributed by atoms with Crippen LogP contribution in [-0.2, 0) is 23.1 Å². The van der Waals surface area contributed by atoms with Crippen molar-refractivity contribution in [2.45, 2.75) is 18.0 Å². The zero-order valence-corrected chi connectivity index (χ0v) is 14.3. The van der Waals surface area contributed by atoms with Gasteiger partial charge < -0.3 is 10.3 Å². The van der Waals surface area contributed by atoms with Crippen molar-refractivity contribution >= 4 is 10.0 Å². The molecule has 1 saturated heterocycles. The molecule has 0 aliphatic carbocycles. The molecule has 2 N–H and O–H groups in total. The van der Waals surface area contributed by atoms with Crippen molar-refractivity contribution in [1.29, 1.82) is 0 Å². The van der Waals surface area contributed by atoms with E-state index >= 15 is 0 Å². The highest BCUT2D eigenvalue weighted by Gasteiger charge is 2.32. The molecule has 0 saturated carbocycles. The molecule has 0 unspecified atom stereocenters. The monoisotopic (exact) mass is 391 g/mol. The van der Waals surface area contributed by atoms with Gasteiger partial charge in [0.15, 0.2) is 23.3 Å². The van der Waals surface area contributed by atoms with Crippen LogP contribution in [0.15, 0.2) is 21.6 Å². The van der Waals surface area contributed by atoms with E-state index in [-0.39, 0.29) is 19.6 Å². The van der Waals surface area contributed by atoms with Gasteiger partial charge in [0.2, 0.25) is 15.9 Å². The molecule has 1 aliphatic rings. The van der Waals surface area contributed by atoms with E-state index < -0.39 is 32.4 Å². The van der Waals surface area contributed by atoms with Gasteiger partial charge in [0.1, 0.15) is 4.90 Å². The molecule has 142 valence electrons. The molecule has 0 radical (unpaired) electrons. The summed E-state index contributed by atoms with van der Waals surface area (Å²) in [7, 11) is -4.27. The number of nitrogens with zero attached hydrogens (tertiary/aromatic N) is 4. The quantitative estimate of drug-likeness (QED) is 0.738. The van der Waals surface area contributed by atoms with Crippen molar-refractivity contribution in [3.63, 3.8) is 0 Å². The van der Waals surface area contributed by atoms with Crippen molar-refractivity contribution in [2.75, 3.05) is 26.2 Å². The van der Waals surface area contributed by atoms with E-state index in [1.807, 2.05) is 4.90 Å². The van der Waals surface area contributed by atoms with Crippen LogP contribution in [0.1, 0.15) is 11.7 Å². The highest BCUT2D eigenvalue weighted by molar-refractivity contribution is 7.89. The summed E-state index contributed by atoms with van der Waals surface area (Å²) in [6, 6.07) is 1.32. The Morgan fingerprint density at radius 3 is 2.42 bits per heavy atom. The Bertz CT molecular complexity index is 897. The van der Waals surface area contributed by atoms with Crippen molar-refractivity contribution in [3.8, 4) is 0 Å². The van der Waals surface area contributed by atoms with E-state index in [0.29, 0.717) is 37.4 Å². The first-order valence-electron chi connectivity index (χ1n) is 7.70. The van der Waals surface area contributed by atoms with Crippen molar-refractivity contribution in [2.24, 2.45) is 5.73 Å². The van der Waals surface area contributed by atoms with Gasteiger partial charge in [-0.3, -0.25) is 4.90 Å². The second-order valence-electron chi connectivity index (χ2n) is 5.66. The highest BCUT2D eigenvalue weighted by atomic mass is 32.2. The van der Waals surface area contributed by atoms with Gasteiger partial charge in [-0.2, -0.15) is 9.29 Å². The lowest BCUT2D eigenvalue weighted by atomic mass is 10.3. The van der Waals surface area contributed by atoms with Crippen LogP contribution in [0.2, 0.25) is 0 Å². The second kappa shape index (κ2) is 7.31. The molecule has 0 spiro atoms. The van der Waals surface area contributed by atoms with E-state index in [9.17, 15) is 21.6 Å². The Labute approximate surface area is 147 Å². The molecule has 12 heteroatoms. The molecule has 2 heterocycles. The largest absolute Gasteiger partial charge is 0.338 e. The van der Waals surface area contributed by atoms with Gasteiger partial charge in [-0.1, -0.05) is 5.16 Å². The smallest absolute Gasteiger partial charge is 0.246 e. The maximum atomic E-state index is 13.8. The molecule has 0 amide bonds. The number of nitrogens with two attached hydrogens (primary N) is 1. The van der Waals surface area contributed by atoms with Gasteiger partial charge >= 0.3 is 0 Å². The summed E-state index contributed by atoms with van der Waals surface area (Å²) in [5.41, 5.74) is 5.39. The summed E-state index contributed by atoms with van der Waals surface area (Å²) in [5, 5.41) is 3.76. The van der Waals surface area contributed by atoms with E-state index in [2.05, 4.69) is 10.1 Å². The lowest BCUT2D eigenvalue weighted by Gasteiger charge is -2.33. The molecule has 2 aromatic rings.